The van der Waals surface area contributed by atoms with E-state index in [0.717, 1.165) is 10.5 Å². The standard InChI is InChI=1S/C14H15N3OS/c15-11-8-4-5-9-12(11)19-13(14(18)17-16)10-6-2-1-3-7-10/h1-9,13H,15-16H2,(H,17,18). The number of hydrazine groups is 1. The molecule has 0 radical (unpaired) electrons. The van der Waals surface area contributed by atoms with Gasteiger partial charge in [-0.15, -0.1) is 11.8 Å². The van der Waals surface area contributed by atoms with Crippen LogP contribution in [0.3, 0.4) is 0 Å². The second-order valence-electron chi connectivity index (χ2n) is 3.95. The van der Waals surface area contributed by atoms with Crippen molar-refractivity contribution in [2.24, 2.45) is 5.84 Å². The van der Waals surface area contributed by atoms with Crippen LogP contribution in [0.4, 0.5) is 5.69 Å². The van der Waals surface area contributed by atoms with Crippen LogP contribution in [0.5, 0.6) is 0 Å². The molecule has 0 bridgehead atoms. The molecule has 2 aromatic carbocycles. The van der Waals surface area contributed by atoms with Crippen molar-refractivity contribution in [3.63, 3.8) is 0 Å². The number of benzene rings is 2. The summed E-state index contributed by atoms with van der Waals surface area (Å²) in [4.78, 5) is 12.8. The number of nitrogens with one attached hydrogen (secondary N) is 1. The summed E-state index contributed by atoms with van der Waals surface area (Å²) in [6.45, 7) is 0. The number of amides is 1. The van der Waals surface area contributed by atoms with Gasteiger partial charge in [0.25, 0.3) is 5.91 Å². The van der Waals surface area contributed by atoms with Crippen molar-refractivity contribution >= 4 is 23.4 Å². The minimum absolute atomic E-state index is 0.251. The Balaban J connectivity index is 2.30. The van der Waals surface area contributed by atoms with Crippen LogP contribution in [0.15, 0.2) is 59.5 Å². The summed E-state index contributed by atoms with van der Waals surface area (Å²) in [7, 11) is 0. The number of carbonyl (C=O) groups is 1. The van der Waals surface area contributed by atoms with Crippen LogP contribution in [0, 0.1) is 0 Å². The monoisotopic (exact) mass is 273 g/mol. The number of hydrogen-bond acceptors (Lipinski definition) is 4. The lowest BCUT2D eigenvalue weighted by Gasteiger charge is -2.16. The molecule has 4 nitrogen and oxygen atoms in total. The fourth-order valence-electron chi connectivity index (χ4n) is 1.69. The van der Waals surface area contributed by atoms with Crippen molar-refractivity contribution < 1.29 is 4.79 Å². The number of nitrogen functional groups attached to an aromatic ring is 1. The molecule has 1 amide bonds. The highest BCUT2D eigenvalue weighted by Gasteiger charge is 2.21. The van der Waals surface area contributed by atoms with E-state index in [1.54, 1.807) is 0 Å². The summed E-state index contributed by atoms with van der Waals surface area (Å²) in [5.41, 5.74) is 9.65. The molecule has 5 heteroatoms. The molecule has 2 rings (SSSR count). The molecule has 0 spiro atoms. The Morgan fingerprint density at radius 2 is 1.68 bits per heavy atom. The molecule has 1 unspecified atom stereocenters. The zero-order chi connectivity index (χ0) is 13.7. The topological polar surface area (TPSA) is 81.1 Å². The Kier molecular flexibility index (Phi) is 4.43. The van der Waals surface area contributed by atoms with Crippen LogP contribution in [0.2, 0.25) is 0 Å². The van der Waals surface area contributed by atoms with Gasteiger partial charge < -0.3 is 5.73 Å². The maximum absolute atomic E-state index is 11.9. The van der Waals surface area contributed by atoms with Crippen LogP contribution >= 0.6 is 11.8 Å². The van der Waals surface area contributed by atoms with Gasteiger partial charge in [0.1, 0.15) is 5.25 Å². The second kappa shape index (κ2) is 6.26. The Bertz CT molecular complexity index is 560. The number of hydrogen-bond donors (Lipinski definition) is 3. The number of rotatable bonds is 4. The van der Waals surface area contributed by atoms with Gasteiger partial charge >= 0.3 is 0 Å². The number of para-hydroxylation sites is 1. The molecule has 0 aliphatic carbocycles. The van der Waals surface area contributed by atoms with Gasteiger partial charge in [-0.2, -0.15) is 0 Å². The summed E-state index contributed by atoms with van der Waals surface area (Å²) >= 11 is 1.38. The number of thioether (sulfide) groups is 1. The number of nitrogens with two attached hydrogens (primary N) is 2. The van der Waals surface area contributed by atoms with E-state index in [4.69, 9.17) is 11.6 Å². The fraction of sp³-hybridized carbons (Fsp3) is 0.0714. The molecule has 1 atom stereocenters. The minimum Gasteiger partial charge on any atom is -0.398 e. The highest BCUT2D eigenvalue weighted by molar-refractivity contribution is 8.00. The van der Waals surface area contributed by atoms with Crippen LogP contribution in [0.1, 0.15) is 10.8 Å². The van der Waals surface area contributed by atoms with Crippen molar-refractivity contribution in [2.75, 3.05) is 5.73 Å². The molecule has 0 heterocycles. The molecule has 5 N–H and O–H groups in total. The molecule has 98 valence electrons. The van der Waals surface area contributed by atoms with Gasteiger partial charge in [0.15, 0.2) is 0 Å². The van der Waals surface area contributed by atoms with Crippen molar-refractivity contribution in [3.8, 4) is 0 Å². The SMILES string of the molecule is NNC(=O)C(Sc1ccccc1N)c1ccccc1. The van der Waals surface area contributed by atoms with E-state index in [2.05, 4.69) is 5.43 Å². The quantitative estimate of drug-likeness (QED) is 0.262. The van der Waals surface area contributed by atoms with Gasteiger partial charge in [0.2, 0.25) is 0 Å². The maximum Gasteiger partial charge on any atom is 0.251 e. The van der Waals surface area contributed by atoms with E-state index in [9.17, 15) is 4.79 Å². The lowest BCUT2D eigenvalue weighted by atomic mass is 10.1. The van der Waals surface area contributed by atoms with E-state index in [1.165, 1.54) is 11.8 Å². The van der Waals surface area contributed by atoms with Crippen LogP contribution in [-0.4, -0.2) is 5.91 Å². The van der Waals surface area contributed by atoms with Gasteiger partial charge in [0.05, 0.1) is 0 Å². The third-order valence-electron chi connectivity index (χ3n) is 2.65. The Morgan fingerprint density at radius 3 is 2.32 bits per heavy atom. The predicted octanol–water partition coefficient (Wildman–Crippen LogP) is 2.09. The van der Waals surface area contributed by atoms with Gasteiger partial charge in [-0.1, -0.05) is 42.5 Å². The van der Waals surface area contributed by atoms with Crippen LogP contribution in [0.25, 0.3) is 0 Å². The molecule has 2 aromatic rings. The summed E-state index contributed by atoms with van der Waals surface area (Å²) in [6, 6.07) is 16.9. The molecule has 0 aliphatic rings. The molecule has 0 saturated carbocycles. The van der Waals surface area contributed by atoms with E-state index in [1.807, 2.05) is 54.6 Å². The average molecular weight is 273 g/mol. The molecular formula is C14H15N3OS. The average Bonchev–Trinajstić information content (AvgIpc) is 2.46. The van der Waals surface area contributed by atoms with Crippen LogP contribution in [-0.2, 0) is 4.79 Å². The summed E-state index contributed by atoms with van der Waals surface area (Å²) < 4.78 is 0. The molecule has 0 aliphatic heterocycles. The molecule has 19 heavy (non-hydrogen) atoms. The lowest BCUT2D eigenvalue weighted by Crippen LogP contribution is -2.33. The summed E-state index contributed by atoms with van der Waals surface area (Å²) in [6.07, 6.45) is 0. The fourth-order valence-corrected chi connectivity index (χ4v) is 2.77. The van der Waals surface area contributed by atoms with Gasteiger partial charge in [-0.05, 0) is 17.7 Å². The highest BCUT2D eigenvalue weighted by atomic mass is 32.2. The van der Waals surface area contributed by atoms with Gasteiger partial charge in [0, 0.05) is 10.6 Å². The third-order valence-corrected chi connectivity index (χ3v) is 3.99. The van der Waals surface area contributed by atoms with Gasteiger partial charge in [-0.25, -0.2) is 5.84 Å². The Morgan fingerprint density at radius 1 is 1.05 bits per heavy atom. The predicted molar refractivity (Wildman–Crippen MR) is 78.2 cm³/mol. The Labute approximate surface area is 116 Å². The van der Waals surface area contributed by atoms with E-state index >= 15 is 0 Å². The highest BCUT2D eigenvalue weighted by Crippen LogP contribution is 2.37. The van der Waals surface area contributed by atoms with E-state index < -0.39 is 5.25 Å². The van der Waals surface area contributed by atoms with Crippen molar-refractivity contribution in [1.82, 2.24) is 5.43 Å². The van der Waals surface area contributed by atoms with E-state index in [-0.39, 0.29) is 5.91 Å². The normalized spacial score (nSPS) is 11.8. The zero-order valence-corrected chi connectivity index (χ0v) is 11.1. The van der Waals surface area contributed by atoms with E-state index in [0.29, 0.717) is 5.69 Å². The summed E-state index contributed by atoms with van der Waals surface area (Å²) in [5, 5.41) is -0.420. The Hall–Kier alpha value is -1.98. The smallest absolute Gasteiger partial charge is 0.251 e. The molecule has 0 saturated heterocycles. The lowest BCUT2D eigenvalue weighted by molar-refractivity contribution is -0.120. The first kappa shape index (κ1) is 13.5. The zero-order valence-electron chi connectivity index (χ0n) is 10.2. The van der Waals surface area contributed by atoms with Crippen LogP contribution < -0.4 is 17.0 Å². The molecular weight excluding hydrogens is 258 g/mol. The van der Waals surface area contributed by atoms with Crippen molar-refractivity contribution in [2.45, 2.75) is 10.1 Å². The molecule has 0 fully saturated rings. The first-order chi connectivity index (χ1) is 9.22. The minimum atomic E-state index is -0.420. The number of anilines is 1. The van der Waals surface area contributed by atoms with Gasteiger partial charge in [-0.3, -0.25) is 10.2 Å². The van der Waals surface area contributed by atoms with Crippen molar-refractivity contribution in [1.29, 1.82) is 0 Å². The largest absolute Gasteiger partial charge is 0.398 e. The third kappa shape index (κ3) is 3.27. The summed E-state index contributed by atoms with van der Waals surface area (Å²) in [5.74, 6) is 5.01. The maximum atomic E-state index is 11.9. The second-order valence-corrected chi connectivity index (χ2v) is 5.10. The first-order valence-corrected chi connectivity index (χ1v) is 6.67. The first-order valence-electron chi connectivity index (χ1n) is 5.79. The van der Waals surface area contributed by atoms with Crippen molar-refractivity contribution in [3.05, 3.63) is 60.2 Å². The molecule has 0 aromatic heterocycles. The number of carbonyl (C=O) groups excluding carboxylic acids is 1.